The maximum atomic E-state index is 11.4. The average Bonchev–Trinajstić information content (AvgIpc) is 2.27. The van der Waals surface area contributed by atoms with Crippen LogP contribution < -0.4 is 10.6 Å². The van der Waals surface area contributed by atoms with E-state index >= 15 is 0 Å². The van der Waals surface area contributed by atoms with E-state index in [4.69, 9.17) is 11.5 Å². The predicted octanol–water partition coefficient (Wildman–Crippen LogP) is 0.104. The smallest absolute Gasteiger partial charge is 0.327 e. The first-order valence-electron chi connectivity index (χ1n) is 5.82. The highest BCUT2D eigenvalue weighted by molar-refractivity contribution is 5.82. The molecule has 0 aromatic carbocycles. The summed E-state index contributed by atoms with van der Waals surface area (Å²) in [7, 11) is 3.97. The van der Waals surface area contributed by atoms with Crippen molar-refractivity contribution in [3.05, 3.63) is 0 Å². The summed E-state index contributed by atoms with van der Waals surface area (Å²) in [6, 6.07) is -1.53. The maximum absolute atomic E-state index is 11.4. The number of carbonyl (C=O) groups excluding carboxylic acids is 1. The summed E-state index contributed by atoms with van der Waals surface area (Å²) >= 11 is 0. The van der Waals surface area contributed by atoms with Crippen LogP contribution in [-0.2, 0) is 4.79 Å². The van der Waals surface area contributed by atoms with Gasteiger partial charge in [-0.15, -0.1) is 12.3 Å². The summed E-state index contributed by atoms with van der Waals surface area (Å²) in [4.78, 5) is 24.2. The number of unbranched alkanes of at least 4 members (excludes halogenated alkanes) is 1. The molecular formula is C12H21N3O3. The second-order valence-corrected chi connectivity index (χ2v) is 4.21. The molecule has 0 saturated carbocycles. The van der Waals surface area contributed by atoms with Crippen molar-refractivity contribution in [1.29, 1.82) is 0 Å². The Morgan fingerprint density at radius 1 is 1.39 bits per heavy atom. The summed E-state index contributed by atoms with van der Waals surface area (Å²) in [6.45, 7) is 1.47. The fourth-order valence-corrected chi connectivity index (χ4v) is 1.28. The number of amides is 2. The molecule has 0 aromatic heterocycles. The standard InChI is InChI=1S/C12H21N3O3/c1-4-7-10(11(16)17)14-12(18)13-8-5-6-9-15(2)3/h1,10H,5-9H2,2-3H3,(H,16,17)(H2,13,14,18). The van der Waals surface area contributed by atoms with Crippen LogP contribution in [0.1, 0.15) is 19.3 Å². The van der Waals surface area contributed by atoms with Crippen LogP contribution in [0.5, 0.6) is 0 Å². The fourth-order valence-electron chi connectivity index (χ4n) is 1.28. The van der Waals surface area contributed by atoms with Crippen molar-refractivity contribution in [2.75, 3.05) is 27.2 Å². The Morgan fingerprint density at radius 3 is 2.56 bits per heavy atom. The zero-order valence-corrected chi connectivity index (χ0v) is 10.9. The minimum Gasteiger partial charge on any atom is -0.480 e. The van der Waals surface area contributed by atoms with Gasteiger partial charge in [-0.3, -0.25) is 0 Å². The highest BCUT2D eigenvalue weighted by Crippen LogP contribution is 1.92. The largest absolute Gasteiger partial charge is 0.480 e. The van der Waals surface area contributed by atoms with E-state index in [1.807, 2.05) is 14.1 Å². The van der Waals surface area contributed by atoms with Crippen LogP contribution in [0.15, 0.2) is 0 Å². The molecule has 0 bridgehead atoms. The molecule has 0 rings (SSSR count). The van der Waals surface area contributed by atoms with Gasteiger partial charge in [0.1, 0.15) is 6.04 Å². The van der Waals surface area contributed by atoms with Gasteiger partial charge in [0.05, 0.1) is 0 Å². The average molecular weight is 255 g/mol. The Morgan fingerprint density at radius 2 is 2.06 bits per heavy atom. The highest BCUT2D eigenvalue weighted by atomic mass is 16.4. The van der Waals surface area contributed by atoms with Crippen LogP contribution in [0.3, 0.4) is 0 Å². The molecule has 0 heterocycles. The first-order valence-corrected chi connectivity index (χ1v) is 5.82. The van der Waals surface area contributed by atoms with E-state index in [2.05, 4.69) is 21.5 Å². The van der Waals surface area contributed by atoms with E-state index in [-0.39, 0.29) is 6.42 Å². The number of aliphatic carboxylic acids is 1. The van der Waals surface area contributed by atoms with Gasteiger partial charge < -0.3 is 20.6 Å². The van der Waals surface area contributed by atoms with E-state index in [9.17, 15) is 9.59 Å². The van der Waals surface area contributed by atoms with Crippen molar-refractivity contribution in [2.45, 2.75) is 25.3 Å². The van der Waals surface area contributed by atoms with E-state index in [1.165, 1.54) is 0 Å². The molecule has 0 saturated heterocycles. The van der Waals surface area contributed by atoms with E-state index in [0.717, 1.165) is 19.4 Å². The molecule has 0 aliphatic rings. The van der Waals surface area contributed by atoms with Crippen molar-refractivity contribution in [1.82, 2.24) is 15.5 Å². The molecule has 0 aromatic rings. The topological polar surface area (TPSA) is 81.7 Å². The molecule has 3 N–H and O–H groups in total. The Bertz CT molecular complexity index is 310. The number of urea groups is 1. The monoisotopic (exact) mass is 255 g/mol. The van der Waals surface area contributed by atoms with Crippen molar-refractivity contribution < 1.29 is 14.7 Å². The molecule has 0 radical (unpaired) electrons. The summed E-state index contributed by atoms with van der Waals surface area (Å²) in [5, 5.41) is 13.7. The van der Waals surface area contributed by atoms with Gasteiger partial charge in [-0.2, -0.15) is 0 Å². The highest BCUT2D eigenvalue weighted by Gasteiger charge is 2.17. The number of nitrogens with one attached hydrogen (secondary N) is 2. The second kappa shape index (κ2) is 9.31. The van der Waals surface area contributed by atoms with Gasteiger partial charge in [-0.1, -0.05) is 0 Å². The lowest BCUT2D eigenvalue weighted by Crippen LogP contribution is -2.46. The molecule has 6 heteroatoms. The lowest BCUT2D eigenvalue weighted by atomic mass is 10.2. The van der Waals surface area contributed by atoms with Crippen LogP contribution in [0.4, 0.5) is 4.79 Å². The Balaban J connectivity index is 3.76. The van der Waals surface area contributed by atoms with Crippen LogP contribution in [-0.4, -0.2) is 55.2 Å². The normalized spacial score (nSPS) is 11.7. The number of carbonyl (C=O) groups is 2. The molecule has 0 aliphatic carbocycles. The number of nitrogens with zero attached hydrogens (tertiary/aromatic N) is 1. The van der Waals surface area contributed by atoms with Crippen molar-refractivity contribution in [2.24, 2.45) is 0 Å². The van der Waals surface area contributed by atoms with E-state index in [0.29, 0.717) is 6.54 Å². The van der Waals surface area contributed by atoms with Crippen LogP contribution in [0.2, 0.25) is 0 Å². The zero-order valence-electron chi connectivity index (χ0n) is 10.9. The maximum Gasteiger partial charge on any atom is 0.327 e. The van der Waals surface area contributed by atoms with E-state index < -0.39 is 18.0 Å². The fraction of sp³-hybridized carbons (Fsp3) is 0.667. The van der Waals surface area contributed by atoms with E-state index in [1.54, 1.807) is 0 Å². The molecule has 102 valence electrons. The third-order valence-corrected chi connectivity index (χ3v) is 2.24. The molecule has 1 unspecified atom stereocenters. The SMILES string of the molecule is C#CCC(NC(=O)NCCCCN(C)C)C(=O)O. The minimum atomic E-state index is -1.13. The summed E-state index contributed by atoms with van der Waals surface area (Å²) < 4.78 is 0. The summed E-state index contributed by atoms with van der Waals surface area (Å²) in [5.74, 6) is 1.09. The molecule has 6 nitrogen and oxygen atoms in total. The predicted molar refractivity (Wildman–Crippen MR) is 69.2 cm³/mol. The first kappa shape index (κ1) is 16.3. The molecule has 1 atom stereocenters. The van der Waals surface area contributed by atoms with Gasteiger partial charge in [-0.05, 0) is 33.5 Å². The second-order valence-electron chi connectivity index (χ2n) is 4.21. The molecule has 0 fully saturated rings. The molecule has 2 amide bonds. The Kier molecular flexibility index (Phi) is 8.41. The number of terminal acetylenes is 1. The molecule has 0 spiro atoms. The summed E-state index contributed by atoms with van der Waals surface area (Å²) in [5.41, 5.74) is 0. The van der Waals surface area contributed by atoms with Gasteiger partial charge in [0.25, 0.3) is 0 Å². The van der Waals surface area contributed by atoms with Gasteiger partial charge in [0.2, 0.25) is 0 Å². The number of hydrogen-bond acceptors (Lipinski definition) is 3. The third-order valence-electron chi connectivity index (χ3n) is 2.24. The molecular weight excluding hydrogens is 234 g/mol. The zero-order chi connectivity index (χ0) is 14.0. The van der Waals surface area contributed by atoms with Crippen molar-refractivity contribution >= 4 is 12.0 Å². The first-order chi connectivity index (χ1) is 8.47. The summed E-state index contributed by atoms with van der Waals surface area (Å²) in [6.07, 6.45) is 6.81. The Labute approximate surface area is 108 Å². The van der Waals surface area contributed by atoms with Gasteiger partial charge in [0, 0.05) is 13.0 Å². The minimum absolute atomic E-state index is 0.0244. The Hall–Kier alpha value is -1.74. The number of rotatable bonds is 8. The lowest BCUT2D eigenvalue weighted by Gasteiger charge is -2.13. The number of carboxylic acids is 1. The van der Waals surface area contributed by atoms with Crippen molar-refractivity contribution in [3.8, 4) is 12.3 Å². The van der Waals surface area contributed by atoms with Crippen LogP contribution in [0.25, 0.3) is 0 Å². The van der Waals surface area contributed by atoms with Gasteiger partial charge in [-0.25, -0.2) is 9.59 Å². The lowest BCUT2D eigenvalue weighted by molar-refractivity contribution is -0.139. The van der Waals surface area contributed by atoms with Crippen molar-refractivity contribution in [3.63, 3.8) is 0 Å². The molecule has 18 heavy (non-hydrogen) atoms. The molecule has 0 aliphatic heterocycles. The van der Waals surface area contributed by atoms with Gasteiger partial charge >= 0.3 is 12.0 Å². The van der Waals surface area contributed by atoms with Crippen LogP contribution in [0, 0.1) is 12.3 Å². The quantitative estimate of drug-likeness (QED) is 0.424. The number of hydrogen-bond donors (Lipinski definition) is 3. The number of carboxylic acid groups (broad SMARTS) is 1. The van der Waals surface area contributed by atoms with Crippen LogP contribution >= 0.6 is 0 Å². The van der Waals surface area contributed by atoms with Gasteiger partial charge in [0.15, 0.2) is 0 Å². The third kappa shape index (κ3) is 8.42.